The monoisotopic (exact) mass is 241 g/mol. The number of nitrogens with zero attached hydrogens (tertiary/aromatic N) is 4. The Kier molecular flexibility index (Phi) is 2.86. The predicted molar refractivity (Wildman–Crippen MR) is 54.0 cm³/mol. The molecule has 0 saturated carbocycles. The van der Waals surface area contributed by atoms with Crippen molar-refractivity contribution in [3.63, 3.8) is 0 Å². The molecule has 0 aliphatic heterocycles. The summed E-state index contributed by atoms with van der Waals surface area (Å²) in [4.78, 5) is 15.0. The van der Waals surface area contributed by atoms with Gasteiger partial charge in [-0.05, 0) is 0 Å². The smallest absolute Gasteiger partial charge is 0.315 e. The van der Waals surface area contributed by atoms with Crippen molar-refractivity contribution >= 4 is 17.5 Å². The van der Waals surface area contributed by atoms with Crippen molar-refractivity contribution in [3.8, 4) is 0 Å². The first-order valence-electron chi connectivity index (χ1n) is 4.41. The molecule has 0 aliphatic rings. The van der Waals surface area contributed by atoms with Gasteiger partial charge < -0.3 is 9.84 Å². The van der Waals surface area contributed by atoms with Crippen molar-refractivity contribution in [1.82, 2.24) is 25.2 Å². The van der Waals surface area contributed by atoms with Crippen molar-refractivity contribution in [2.75, 3.05) is 7.05 Å². The van der Waals surface area contributed by atoms with Crippen LogP contribution in [0.2, 0.25) is 5.02 Å². The minimum atomic E-state index is -0.419. The van der Waals surface area contributed by atoms with E-state index in [2.05, 4.69) is 20.6 Å². The lowest BCUT2D eigenvalue weighted by molar-refractivity contribution is 0.0919. The number of carbonyl (C=O) groups excluding carboxylic acids is 1. The summed E-state index contributed by atoms with van der Waals surface area (Å²) in [5, 5.41) is 10.5. The second-order valence-electron chi connectivity index (χ2n) is 2.95. The van der Waals surface area contributed by atoms with Crippen LogP contribution in [0.3, 0.4) is 0 Å². The van der Waals surface area contributed by atoms with Crippen molar-refractivity contribution in [2.45, 2.75) is 6.54 Å². The lowest BCUT2D eigenvalue weighted by Gasteiger charge is -1.93. The van der Waals surface area contributed by atoms with E-state index in [1.165, 1.54) is 13.2 Å². The zero-order chi connectivity index (χ0) is 11.5. The van der Waals surface area contributed by atoms with Gasteiger partial charge in [0.05, 0.1) is 11.2 Å². The van der Waals surface area contributed by atoms with Gasteiger partial charge in [0.1, 0.15) is 6.54 Å². The van der Waals surface area contributed by atoms with Gasteiger partial charge in [0.25, 0.3) is 0 Å². The number of amides is 1. The van der Waals surface area contributed by atoms with Crippen LogP contribution in [0.5, 0.6) is 0 Å². The van der Waals surface area contributed by atoms with Gasteiger partial charge in [0, 0.05) is 13.2 Å². The third kappa shape index (κ3) is 2.19. The minimum absolute atomic E-state index is 0.0734. The molecule has 2 rings (SSSR count). The Balaban J connectivity index is 2.11. The van der Waals surface area contributed by atoms with Crippen molar-refractivity contribution in [1.29, 1.82) is 0 Å². The summed E-state index contributed by atoms with van der Waals surface area (Å²) in [5.41, 5.74) is 0. The zero-order valence-corrected chi connectivity index (χ0v) is 9.10. The molecule has 0 aromatic carbocycles. The second kappa shape index (κ2) is 4.31. The Morgan fingerprint density at radius 2 is 2.50 bits per heavy atom. The lowest BCUT2D eigenvalue weighted by Crippen LogP contribution is -2.18. The van der Waals surface area contributed by atoms with E-state index < -0.39 is 5.91 Å². The molecule has 8 heteroatoms. The fraction of sp³-hybridized carbons (Fsp3) is 0.250. The number of rotatable bonds is 3. The van der Waals surface area contributed by atoms with Gasteiger partial charge in [0.2, 0.25) is 0 Å². The molecule has 0 unspecified atom stereocenters. The Bertz CT molecular complexity index is 506. The van der Waals surface area contributed by atoms with E-state index in [0.29, 0.717) is 17.4 Å². The number of nitrogens with one attached hydrogen (secondary N) is 1. The standard InChI is InChI=1S/C8H8ClN5O2/c1-10-7(15)8-12-6(13-16-8)4-14-3-5(9)2-11-14/h2-3H,4H2,1H3,(H,10,15). The van der Waals surface area contributed by atoms with Crippen molar-refractivity contribution < 1.29 is 9.32 Å². The highest BCUT2D eigenvalue weighted by Gasteiger charge is 2.13. The second-order valence-corrected chi connectivity index (χ2v) is 3.39. The average Bonchev–Trinajstić information content (AvgIpc) is 2.87. The van der Waals surface area contributed by atoms with E-state index in [0.717, 1.165) is 0 Å². The van der Waals surface area contributed by atoms with E-state index in [-0.39, 0.29) is 5.89 Å². The SMILES string of the molecule is CNC(=O)c1nc(Cn2cc(Cl)cn2)no1. The van der Waals surface area contributed by atoms with Gasteiger partial charge in [-0.15, -0.1) is 0 Å². The first-order valence-corrected chi connectivity index (χ1v) is 4.79. The summed E-state index contributed by atoms with van der Waals surface area (Å²) in [7, 11) is 1.49. The Hall–Kier alpha value is -1.89. The van der Waals surface area contributed by atoms with Crippen LogP contribution in [-0.4, -0.2) is 32.9 Å². The van der Waals surface area contributed by atoms with Gasteiger partial charge in [0.15, 0.2) is 5.82 Å². The van der Waals surface area contributed by atoms with Crippen LogP contribution in [0.4, 0.5) is 0 Å². The molecule has 0 fully saturated rings. The third-order valence-corrected chi connectivity index (χ3v) is 1.99. The van der Waals surface area contributed by atoms with Crippen LogP contribution in [0, 0.1) is 0 Å². The maximum Gasteiger partial charge on any atom is 0.315 e. The molecule has 0 saturated heterocycles. The quantitative estimate of drug-likeness (QED) is 0.837. The van der Waals surface area contributed by atoms with Crippen molar-refractivity contribution in [2.24, 2.45) is 0 Å². The summed E-state index contributed by atoms with van der Waals surface area (Å²) in [6.07, 6.45) is 3.12. The molecule has 2 aromatic rings. The molecule has 1 N–H and O–H groups in total. The number of aromatic nitrogens is 4. The highest BCUT2D eigenvalue weighted by atomic mass is 35.5. The molecule has 0 atom stereocenters. The van der Waals surface area contributed by atoms with Gasteiger partial charge in [-0.3, -0.25) is 9.48 Å². The maximum absolute atomic E-state index is 11.1. The van der Waals surface area contributed by atoms with Crippen LogP contribution in [0.15, 0.2) is 16.9 Å². The van der Waals surface area contributed by atoms with E-state index in [1.54, 1.807) is 10.9 Å². The van der Waals surface area contributed by atoms with Crippen LogP contribution < -0.4 is 5.32 Å². The third-order valence-electron chi connectivity index (χ3n) is 1.79. The molecule has 0 spiro atoms. The van der Waals surface area contributed by atoms with Gasteiger partial charge >= 0.3 is 11.8 Å². The van der Waals surface area contributed by atoms with Crippen molar-refractivity contribution in [3.05, 3.63) is 29.1 Å². The first-order chi connectivity index (χ1) is 7.69. The molecule has 0 bridgehead atoms. The van der Waals surface area contributed by atoms with E-state index >= 15 is 0 Å². The molecule has 0 aliphatic carbocycles. The summed E-state index contributed by atoms with van der Waals surface area (Å²) in [5.74, 6) is -0.133. The fourth-order valence-corrected chi connectivity index (χ4v) is 1.24. The van der Waals surface area contributed by atoms with Crippen LogP contribution in [0.25, 0.3) is 0 Å². The van der Waals surface area contributed by atoms with Crippen LogP contribution >= 0.6 is 11.6 Å². The topological polar surface area (TPSA) is 85.8 Å². The lowest BCUT2D eigenvalue weighted by atomic mass is 10.5. The normalized spacial score (nSPS) is 10.4. The van der Waals surface area contributed by atoms with E-state index in [4.69, 9.17) is 16.1 Å². The number of halogens is 1. The average molecular weight is 242 g/mol. The van der Waals surface area contributed by atoms with Crippen LogP contribution in [0.1, 0.15) is 16.5 Å². The van der Waals surface area contributed by atoms with Gasteiger partial charge in [-0.25, -0.2) is 0 Å². The predicted octanol–water partition coefficient (Wildman–Crippen LogP) is 0.327. The maximum atomic E-state index is 11.1. The Morgan fingerprint density at radius 1 is 1.69 bits per heavy atom. The number of hydrogen-bond donors (Lipinski definition) is 1. The number of hydrogen-bond acceptors (Lipinski definition) is 5. The molecule has 84 valence electrons. The van der Waals surface area contributed by atoms with E-state index in [1.807, 2.05) is 0 Å². The molecule has 2 aromatic heterocycles. The summed E-state index contributed by atoms with van der Waals surface area (Å²) in [6, 6.07) is 0. The first kappa shape index (κ1) is 10.6. The van der Waals surface area contributed by atoms with Gasteiger partial charge in [-0.1, -0.05) is 16.8 Å². The highest BCUT2D eigenvalue weighted by Crippen LogP contribution is 2.06. The van der Waals surface area contributed by atoms with Gasteiger partial charge in [-0.2, -0.15) is 10.1 Å². The minimum Gasteiger partial charge on any atom is -0.351 e. The van der Waals surface area contributed by atoms with Crippen LogP contribution in [-0.2, 0) is 6.54 Å². The molecule has 7 nitrogen and oxygen atoms in total. The molecule has 1 amide bonds. The molecule has 16 heavy (non-hydrogen) atoms. The largest absolute Gasteiger partial charge is 0.351 e. The molecule has 2 heterocycles. The summed E-state index contributed by atoms with van der Waals surface area (Å²) >= 11 is 5.69. The zero-order valence-electron chi connectivity index (χ0n) is 8.35. The number of carbonyl (C=O) groups is 1. The Morgan fingerprint density at radius 3 is 3.12 bits per heavy atom. The summed E-state index contributed by atoms with van der Waals surface area (Å²) in [6.45, 7) is 0.299. The van der Waals surface area contributed by atoms with E-state index in [9.17, 15) is 4.79 Å². The fourth-order valence-electron chi connectivity index (χ4n) is 1.09. The molecular formula is C8H8ClN5O2. The Labute approximate surface area is 95.4 Å². The summed E-state index contributed by atoms with van der Waals surface area (Å²) < 4.78 is 6.29. The molecular weight excluding hydrogens is 234 g/mol. The highest BCUT2D eigenvalue weighted by molar-refractivity contribution is 6.30. The molecule has 0 radical (unpaired) electrons.